The molecule has 1 saturated carbocycles. The second-order valence-electron chi connectivity index (χ2n) is 8.83. The first kappa shape index (κ1) is 21.6. The Kier molecular flexibility index (Phi) is 5.80. The zero-order valence-electron chi connectivity index (χ0n) is 17.9. The molecule has 1 aliphatic heterocycles. The summed E-state index contributed by atoms with van der Waals surface area (Å²) in [6.07, 6.45) is 3.94. The highest BCUT2D eigenvalue weighted by Gasteiger charge is 2.51. The molecule has 3 aromatic rings. The summed E-state index contributed by atoms with van der Waals surface area (Å²) in [5.74, 6) is 0.00916. The predicted octanol–water partition coefficient (Wildman–Crippen LogP) is 4.93. The van der Waals surface area contributed by atoms with Crippen LogP contribution in [-0.2, 0) is 10.2 Å². The quantitative estimate of drug-likeness (QED) is 0.539. The number of β-amino-alcohol motifs (C(OH)–C–C–N with tert-alkyl or cyclic N) is 1. The molecule has 2 atom stereocenters. The minimum absolute atomic E-state index is 0.00916. The van der Waals surface area contributed by atoms with Gasteiger partial charge in [-0.25, -0.2) is 4.98 Å². The molecule has 166 valence electrons. The highest BCUT2D eigenvalue weighted by atomic mass is 35.5. The molecule has 0 spiro atoms. The lowest BCUT2D eigenvalue weighted by molar-refractivity contribution is -0.118. The summed E-state index contributed by atoms with van der Waals surface area (Å²) in [5, 5.41) is 14.5. The van der Waals surface area contributed by atoms with Crippen molar-refractivity contribution in [2.45, 2.75) is 43.7 Å². The van der Waals surface area contributed by atoms with Crippen molar-refractivity contribution in [2.24, 2.45) is 0 Å². The topological polar surface area (TPSA) is 65.5 Å². The van der Waals surface area contributed by atoms with Crippen LogP contribution >= 0.6 is 22.9 Å². The number of thiazole rings is 1. The molecule has 32 heavy (non-hydrogen) atoms. The van der Waals surface area contributed by atoms with Gasteiger partial charge in [0.25, 0.3) is 0 Å². The second-order valence-corrected chi connectivity index (χ2v) is 10.3. The molecule has 1 saturated heterocycles. The molecule has 2 aromatic carbocycles. The zero-order valence-corrected chi connectivity index (χ0v) is 19.5. The van der Waals surface area contributed by atoms with Gasteiger partial charge in [-0.05, 0) is 43.4 Å². The minimum Gasteiger partial charge on any atom is -0.392 e. The van der Waals surface area contributed by atoms with Crippen LogP contribution < -0.4 is 5.32 Å². The maximum Gasteiger partial charge on any atom is 0.236 e. The number of rotatable bonds is 6. The maximum atomic E-state index is 13.2. The molecular weight excluding hydrogens is 442 g/mol. The number of benzene rings is 2. The van der Waals surface area contributed by atoms with Gasteiger partial charge >= 0.3 is 0 Å². The number of carbonyl (C=O) groups is 1. The van der Waals surface area contributed by atoms with Crippen LogP contribution in [0, 0.1) is 6.92 Å². The molecule has 2 aliphatic rings. The fraction of sp³-hybridized carbons (Fsp3) is 0.360. The number of aromatic nitrogens is 1. The molecule has 5 rings (SSSR count). The van der Waals surface area contributed by atoms with E-state index in [0.29, 0.717) is 16.7 Å². The Morgan fingerprint density at radius 1 is 1.28 bits per heavy atom. The number of hydrogen-bond donors (Lipinski definition) is 2. The predicted molar refractivity (Wildman–Crippen MR) is 128 cm³/mol. The van der Waals surface area contributed by atoms with E-state index < -0.39 is 5.41 Å². The Morgan fingerprint density at radius 3 is 2.78 bits per heavy atom. The van der Waals surface area contributed by atoms with Gasteiger partial charge in [0.1, 0.15) is 0 Å². The number of anilines is 1. The molecule has 2 heterocycles. The Bertz CT molecular complexity index is 1140. The van der Waals surface area contributed by atoms with Gasteiger partial charge in [0.15, 0.2) is 5.13 Å². The molecule has 0 radical (unpaired) electrons. The first-order valence-electron chi connectivity index (χ1n) is 11.0. The standard InChI is InChI=1S/C25H26ClN3O2S/c1-16-5-4-6-17(13-16)25(10-11-25)23(31)28-24-27-14-21(32-24)22(29-12-9-18(30)15-29)19-7-2-3-8-20(19)26/h2-8,13-14,18,22,30H,9-12,15H2,1H3,(H,27,28,31)/t18-,22?/m1/s1. The molecule has 5 nitrogen and oxygen atoms in total. The lowest BCUT2D eigenvalue weighted by atomic mass is 9.94. The number of carbonyl (C=O) groups excluding carboxylic acids is 1. The largest absolute Gasteiger partial charge is 0.392 e. The van der Waals surface area contributed by atoms with E-state index >= 15 is 0 Å². The van der Waals surface area contributed by atoms with E-state index in [0.717, 1.165) is 47.4 Å². The summed E-state index contributed by atoms with van der Waals surface area (Å²) < 4.78 is 0. The first-order chi connectivity index (χ1) is 15.5. The third-order valence-corrected chi connectivity index (χ3v) is 7.84. The molecule has 7 heteroatoms. The number of aliphatic hydroxyl groups excluding tert-OH is 1. The van der Waals surface area contributed by atoms with Crippen molar-refractivity contribution >= 4 is 34.0 Å². The van der Waals surface area contributed by atoms with E-state index in [2.05, 4.69) is 34.3 Å². The summed E-state index contributed by atoms with van der Waals surface area (Å²) in [6.45, 7) is 3.42. The average Bonchev–Trinajstić information content (AvgIpc) is 3.30. The van der Waals surface area contributed by atoms with Crippen LogP contribution in [0.4, 0.5) is 5.13 Å². The van der Waals surface area contributed by atoms with Gasteiger partial charge < -0.3 is 10.4 Å². The van der Waals surface area contributed by atoms with E-state index in [1.54, 1.807) is 0 Å². The third kappa shape index (κ3) is 4.08. The molecule has 0 bridgehead atoms. The van der Waals surface area contributed by atoms with Crippen molar-refractivity contribution in [1.29, 1.82) is 0 Å². The van der Waals surface area contributed by atoms with Crippen molar-refractivity contribution in [3.05, 3.63) is 81.3 Å². The molecular formula is C25H26ClN3O2S. The van der Waals surface area contributed by atoms with E-state index in [-0.39, 0.29) is 18.1 Å². The fourth-order valence-corrected chi connectivity index (χ4v) is 5.84. The summed E-state index contributed by atoms with van der Waals surface area (Å²) in [4.78, 5) is 21.0. The summed E-state index contributed by atoms with van der Waals surface area (Å²) in [6, 6.07) is 15.9. The summed E-state index contributed by atoms with van der Waals surface area (Å²) in [7, 11) is 0. The van der Waals surface area contributed by atoms with Crippen LogP contribution in [0.1, 0.15) is 46.9 Å². The van der Waals surface area contributed by atoms with Crippen molar-refractivity contribution in [1.82, 2.24) is 9.88 Å². The zero-order chi connectivity index (χ0) is 22.3. The molecule has 1 amide bonds. The van der Waals surface area contributed by atoms with Gasteiger partial charge in [0, 0.05) is 29.2 Å². The number of nitrogens with zero attached hydrogens (tertiary/aromatic N) is 2. The fourth-order valence-electron chi connectivity index (χ4n) is 4.63. The van der Waals surface area contributed by atoms with Gasteiger partial charge in [-0.2, -0.15) is 0 Å². The van der Waals surface area contributed by atoms with Gasteiger partial charge in [0.05, 0.1) is 17.6 Å². The van der Waals surface area contributed by atoms with Gasteiger partial charge in [-0.3, -0.25) is 9.69 Å². The summed E-state index contributed by atoms with van der Waals surface area (Å²) >= 11 is 8.03. The minimum atomic E-state index is -0.445. The molecule has 1 aromatic heterocycles. The highest BCUT2D eigenvalue weighted by molar-refractivity contribution is 7.15. The van der Waals surface area contributed by atoms with Gasteiger partial charge in [-0.1, -0.05) is 71.0 Å². The van der Waals surface area contributed by atoms with Crippen molar-refractivity contribution < 1.29 is 9.90 Å². The smallest absolute Gasteiger partial charge is 0.236 e. The Hall–Kier alpha value is -2.25. The van der Waals surface area contributed by atoms with Crippen molar-refractivity contribution in [3.63, 3.8) is 0 Å². The van der Waals surface area contributed by atoms with E-state index in [4.69, 9.17) is 11.6 Å². The Morgan fingerprint density at radius 2 is 2.09 bits per heavy atom. The second kappa shape index (κ2) is 8.60. The van der Waals surface area contributed by atoms with Crippen LogP contribution in [0.5, 0.6) is 0 Å². The Balaban J connectivity index is 1.40. The number of nitrogens with one attached hydrogen (secondary N) is 1. The highest BCUT2D eigenvalue weighted by Crippen LogP contribution is 2.49. The van der Waals surface area contributed by atoms with E-state index in [1.807, 2.05) is 42.6 Å². The van der Waals surface area contributed by atoms with E-state index in [1.165, 1.54) is 11.3 Å². The lowest BCUT2D eigenvalue weighted by Crippen LogP contribution is -2.28. The third-order valence-electron chi connectivity index (χ3n) is 6.53. The van der Waals surface area contributed by atoms with Crippen LogP contribution in [0.25, 0.3) is 0 Å². The number of aryl methyl sites for hydroxylation is 1. The average molecular weight is 468 g/mol. The Labute approximate surface area is 197 Å². The normalized spacial score (nSPS) is 20.8. The molecule has 1 unspecified atom stereocenters. The monoisotopic (exact) mass is 467 g/mol. The van der Waals surface area contributed by atoms with Crippen molar-refractivity contribution in [3.8, 4) is 0 Å². The molecule has 2 fully saturated rings. The van der Waals surface area contributed by atoms with Crippen LogP contribution in [-0.4, -0.2) is 40.1 Å². The van der Waals surface area contributed by atoms with Gasteiger partial charge in [0.2, 0.25) is 5.91 Å². The maximum absolute atomic E-state index is 13.2. The number of likely N-dealkylation sites (tertiary alicyclic amines) is 1. The molecule has 1 aliphatic carbocycles. The first-order valence-corrected chi connectivity index (χ1v) is 12.2. The SMILES string of the molecule is Cc1cccc(C2(C(=O)Nc3ncc(C(c4ccccc4Cl)N4CC[C@@H](O)C4)s3)CC2)c1. The van der Waals surface area contributed by atoms with Crippen LogP contribution in [0.3, 0.4) is 0 Å². The lowest BCUT2D eigenvalue weighted by Gasteiger charge is -2.27. The van der Waals surface area contributed by atoms with Crippen LogP contribution in [0.2, 0.25) is 5.02 Å². The van der Waals surface area contributed by atoms with Gasteiger partial charge in [-0.15, -0.1) is 0 Å². The number of aliphatic hydroxyl groups is 1. The molecule has 2 N–H and O–H groups in total. The number of hydrogen-bond acceptors (Lipinski definition) is 5. The number of amides is 1. The van der Waals surface area contributed by atoms with E-state index in [9.17, 15) is 9.90 Å². The van der Waals surface area contributed by atoms with Crippen molar-refractivity contribution in [2.75, 3.05) is 18.4 Å². The summed E-state index contributed by atoms with van der Waals surface area (Å²) in [5.41, 5.74) is 2.78. The van der Waals surface area contributed by atoms with Crippen LogP contribution in [0.15, 0.2) is 54.7 Å². The number of halogens is 1.